The molecule has 4 nitrogen and oxygen atoms in total. The molecule has 0 fully saturated rings. The van der Waals surface area contributed by atoms with E-state index in [9.17, 15) is 0 Å². The third-order valence-electron chi connectivity index (χ3n) is 0. The van der Waals surface area contributed by atoms with Crippen molar-refractivity contribution in [3.63, 3.8) is 0 Å². The maximum Gasteiger partial charge on any atom is 0 e. The monoisotopic (exact) mass is 342 g/mol. The van der Waals surface area contributed by atoms with E-state index in [1.165, 1.54) is 0 Å². The van der Waals surface area contributed by atoms with Crippen molar-refractivity contribution in [2.45, 2.75) is 14.6 Å². The Morgan fingerprint density at radius 3 is 0.615 bits per heavy atom. The zero-order valence-corrected chi connectivity index (χ0v) is 11.9. The van der Waals surface area contributed by atoms with Crippen LogP contribution < -0.4 is 0 Å². The molecule has 0 aromatic heterocycles. The van der Waals surface area contributed by atoms with Crippen LogP contribution in [0.4, 0.5) is 0 Å². The average Bonchev–Trinajstić information content (AvgIpc) is 2.16. The van der Waals surface area contributed by atoms with Gasteiger partial charge in [-0.25, -0.2) is 0 Å². The molecule has 0 atom stereocenters. The second kappa shape index (κ2) is 160. The SMILES string of the molecule is C=O.C=O.C=O.C=O.[CH3][Sb]([CH3])[CH3].[Fe]. The Kier molecular flexibility index (Phi) is 470. The summed E-state index contributed by atoms with van der Waals surface area (Å²) in [7, 11) is 0. The van der Waals surface area contributed by atoms with Crippen LogP contribution in [0.1, 0.15) is 0 Å². The molecule has 0 aliphatic carbocycles. The van der Waals surface area contributed by atoms with Crippen LogP contribution in [0.2, 0.25) is 14.6 Å². The van der Waals surface area contributed by atoms with Crippen LogP contribution in [0, 0.1) is 0 Å². The fourth-order valence-electron chi connectivity index (χ4n) is 0. The Labute approximate surface area is 97.9 Å². The van der Waals surface area contributed by atoms with Gasteiger partial charge < -0.3 is 19.2 Å². The van der Waals surface area contributed by atoms with Crippen molar-refractivity contribution >= 4 is 47.4 Å². The van der Waals surface area contributed by atoms with Gasteiger partial charge in [-0.3, -0.25) is 0 Å². The average molecular weight is 343 g/mol. The second-order valence-electron chi connectivity index (χ2n) is 1.34. The van der Waals surface area contributed by atoms with E-state index in [0.717, 1.165) is 0 Å². The first-order valence-electron chi connectivity index (χ1n) is 2.50. The molecule has 6 heteroatoms. The van der Waals surface area contributed by atoms with Crippen molar-refractivity contribution in [2.75, 3.05) is 0 Å². The van der Waals surface area contributed by atoms with Gasteiger partial charge in [-0.1, -0.05) is 0 Å². The van der Waals surface area contributed by atoms with E-state index in [1.54, 1.807) is 0 Å². The molecule has 0 heterocycles. The normalized spacial score (nSPS) is 4.00. The summed E-state index contributed by atoms with van der Waals surface area (Å²) in [5.41, 5.74) is 0. The minimum absolute atomic E-state index is 0. The number of carbonyl (C=O) groups is 4. The molecule has 0 unspecified atom stereocenters. The molecule has 13 heavy (non-hydrogen) atoms. The number of rotatable bonds is 0. The summed E-state index contributed by atoms with van der Waals surface area (Å²) in [6.45, 7) is 8.00. The topological polar surface area (TPSA) is 68.3 Å². The fraction of sp³-hybridized carbons (Fsp3) is 0.429. The summed E-state index contributed by atoms with van der Waals surface area (Å²) in [5, 5.41) is 0. The maximum atomic E-state index is 8.00. The Morgan fingerprint density at radius 2 is 0.615 bits per heavy atom. The number of carbonyl (C=O) groups excluding carboxylic acids is 4. The fourth-order valence-corrected chi connectivity index (χ4v) is 0. The first-order chi connectivity index (χ1) is 5.73. The Balaban J connectivity index is -0.0000000122. The molecule has 0 aliphatic rings. The molecule has 0 rings (SSSR count). The minimum atomic E-state index is -0.450. The van der Waals surface area contributed by atoms with Gasteiger partial charge in [0.15, 0.2) is 0 Å². The van der Waals surface area contributed by atoms with Gasteiger partial charge in [-0.15, -0.1) is 0 Å². The van der Waals surface area contributed by atoms with Crippen LogP contribution in [0.3, 0.4) is 0 Å². The summed E-state index contributed by atoms with van der Waals surface area (Å²) in [4.78, 5) is 39.1. The minimum Gasteiger partial charge on any atom is 0 e. The van der Waals surface area contributed by atoms with Gasteiger partial charge in [0.2, 0.25) is 0 Å². The third-order valence-corrected chi connectivity index (χ3v) is 0. The molecule has 82 valence electrons. The van der Waals surface area contributed by atoms with Crippen molar-refractivity contribution in [1.82, 2.24) is 0 Å². The quantitative estimate of drug-likeness (QED) is 0.605. The zero-order chi connectivity index (χ0) is 11.6. The number of hydrogen-bond donors (Lipinski definition) is 0. The number of hydrogen-bond acceptors (Lipinski definition) is 4. The van der Waals surface area contributed by atoms with E-state index in [-0.39, 0.29) is 17.1 Å². The Hall–Kier alpha value is 0.0177. The molecule has 0 aromatic carbocycles. The zero-order valence-electron chi connectivity index (χ0n) is 8.26. The standard InChI is InChI=1S/4CH2O.3CH3.Fe.Sb/c4*1-2;;;;;/h4*1H2;3*1H3;;. The van der Waals surface area contributed by atoms with E-state index >= 15 is 0 Å². The van der Waals surface area contributed by atoms with E-state index in [1.807, 2.05) is 27.2 Å². The van der Waals surface area contributed by atoms with Gasteiger partial charge in [0.05, 0.1) is 0 Å². The first kappa shape index (κ1) is 38.2. The smallest absolute Gasteiger partial charge is 0 e. The largest absolute Gasteiger partial charge is 0 e. The predicted molar refractivity (Wildman–Crippen MR) is 51.8 cm³/mol. The molecular weight excluding hydrogens is 326 g/mol. The van der Waals surface area contributed by atoms with Crippen molar-refractivity contribution in [1.29, 1.82) is 0 Å². The Morgan fingerprint density at radius 1 is 0.615 bits per heavy atom. The van der Waals surface area contributed by atoms with Gasteiger partial charge in [0.1, 0.15) is 27.2 Å². The van der Waals surface area contributed by atoms with Crippen LogP contribution in [0.15, 0.2) is 0 Å². The summed E-state index contributed by atoms with van der Waals surface area (Å²) in [6, 6.07) is 0. The van der Waals surface area contributed by atoms with Crippen LogP contribution >= 0.6 is 0 Å². The van der Waals surface area contributed by atoms with Gasteiger partial charge >= 0.3 is 34.8 Å². The molecule has 0 saturated carbocycles. The summed E-state index contributed by atoms with van der Waals surface area (Å²) < 4.78 is 0. The van der Waals surface area contributed by atoms with Crippen LogP contribution in [0.5, 0.6) is 0 Å². The summed E-state index contributed by atoms with van der Waals surface area (Å²) >= 11 is -0.450. The van der Waals surface area contributed by atoms with Crippen LogP contribution in [-0.2, 0) is 36.2 Å². The van der Waals surface area contributed by atoms with Gasteiger partial charge in [0.25, 0.3) is 0 Å². The molecule has 0 aliphatic heterocycles. The van der Waals surface area contributed by atoms with E-state index in [2.05, 4.69) is 14.6 Å². The first-order valence-corrected chi connectivity index (χ1v) is 10.2. The molecule has 0 bridgehead atoms. The van der Waals surface area contributed by atoms with Crippen molar-refractivity contribution in [3.05, 3.63) is 0 Å². The van der Waals surface area contributed by atoms with E-state index in [0.29, 0.717) is 0 Å². The third kappa shape index (κ3) is 3870000. The second-order valence-corrected chi connectivity index (χ2v) is 9.00. The summed E-state index contributed by atoms with van der Waals surface area (Å²) in [5.74, 6) is 0. The maximum absolute atomic E-state index is 8.00. The molecule has 0 aromatic rings. The van der Waals surface area contributed by atoms with Crippen molar-refractivity contribution in [2.24, 2.45) is 0 Å². The summed E-state index contributed by atoms with van der Waals surface area (Å²) in [6.07, 6.45) is 0. The van der Waals surface area contributed by atoms with Gasteiger partial charge in [-0.2, -0.15) is 0 Å². The van der Waals surface area contributed by atoms with Crippen molar-refractivity contribution < 1.29 is 36.2 Å². The van der Waals surface area contributed by atoms with E-state index < -0.39 is 20.2 Å². The molecule has 0 N–H and O–H groups in total. The van der Waals surface area contributed by atoms with Crippen molar-refractivity contribution in [3.8, 4) is 0 Å². The van der Waals surface area contributed by atoms with Crippen LogP contribution in [-0.4, -0.2) is 47.4 Å². The van der Waals surface area contributed by atoms with Crippen LogP contribution in [0.25, 0.3) is 0 Å². The molecule has 0 amide bonds. The van der Waals surface area contributed by atoms with Gasteiger partial charge in [-0.05, 0) is 0 Å². The van der Waals surface area contributed by atoms with E-state index in [4.69, 9.17) is 19.2 Å². The molecule has 0 saturated heterocycles. The molecule has 0 radical (unpaired) electrons. The Bertz CT molecular complexity index is 47.0. The molecular formula is C7H17FeO4Sb. The van der Waals surface area contributed by atoms with Gasteiger partial charge in [0, 0.05) is 17.1 Å². The molecule has 0 spiro atoms. The predicted octanol–water partition coefficient (Wildman–Crippen LogP) is 0.628.